The molecule has 0 aliphatic rings. The fraction of sp³-hybridized carbons (Fsp3) is 0.176. The van der Waals surface area contributed by atoms with E-state index in [1.54, 1.807) is 24.3 Å². The molecule has 2 N–H and O–H groups in total. The lowest BCUT2D eigenvalue weighted by atomic mass is 10.2. The molecule has 2 aromatic rings. The molecule has 0 saturated carbocycles. The highest BCUT2D eigenvalue weighted by Crippen LogP contribution is 2.16. The SMILES string of the molecule is CCOc1ccc(NC(=O)CNC(=O)c2ccc(F)c(F)c2F)cc1. The first-order valence-electron chi connectivity index (χ1n) is 7.36. The largest absolute Gasteiger partial charge is 0.494 e. The van der Waals surface area contributed by atoms with Crippen LogP contribution < -0.4 is 15.4 Å². The first-order valence-corrected chi connectivity index (χ1v) is 7.36. The standard InChI is InChI=1S/C17H15F3N2O3/c1-2-25-11-5-3-10(4-6-11)22-14(23)9-21-17(24)12-7-8-13(18)16(20)15(12)19/h3-8H,2,9H2,1H3,(H,21,24)(H,22,23). The maximum atomic E-state index is 13.5. The summed E-state index contributed by atoms with van der Waals surface area (Å²) in [5, 5.41) is 4.65. The summed E-state index contributed by atoms with van der Waals surface area (Å²) < 4.78 is 44.7. The average molecular weight is 352 g/mol. The van der Waals surface area contributed by atoms with Gasteiger partial charge in [-0.25, -0.2) is 13.2 Å². The van der Waals surface area contributed by atoms with Gasteiger partial charge in [-0.3, -0.25) is 9.59 Å². The molecule has 5 nitrogen and oxygen atoms in total. The van der Waals surface area contributed by atoms with Gasteiger partial charge in [0.15, 0.2) is 17.5 Å². The fourth-order valence-electron chi connectivity index (χ4n) is 1.96. The topological polar surface area (TPSA) is 67.4 Å². The maximum Gasteiger partial charge on any atom is 0.254 e. The van der Waals surface area contributed by atoms with Crippen molar-refractivity contribution in [1.82, 2.24) is 5.32 Å². The van der Waals surface area contributed by atoms with Gasteiger partial charge in [-0.15, -0.1) is 0 Å². The highest BCUT2D eigenvalue weighted by atomic mass is 19.2. The van der Waals surface area contributed by atoms with Crippen molar-refractivity contribution in [2.24, 2.45) is 0 Å². The van der Waals surface area contributed by atoms with Crippen LogP contribution in [0.3, 0.4) is 0 Å². The minimum Gasteiger partial charge on any atom is -0.494 e. The molecule has 0 atom stereocenters. The summed E-state index contributed by atoms with van der Waals surface area (Å²) >= 11 is 0. The molecule has 0 saturated heterocycles. The molecule has 0 bridgehead atoms. The van der Waals surface area contributed by atoms with E-state index in [0.29, 0.717) is 24.1 Å². The Labute approximate surface area is 141 Å². The van der Waals surface area contributed by atoms with E-state index in [1.807, 2.05) is 6.92 Å². The Bertz CT molecular complexity index is 779. The maximum absolute atomic E-state index is 13.5. The van der Waals surface area contributed by atoms with Crippen LogP contribution in [0.1, 0.15) is 17.3 Å². The van der Waals surface area contributed by atoms with Crippen molar-refractivity contribution in [2.75, 3.05) is 18.5 Å². The number of hydrogen-bond donors (Lipinski definition) is 2. The summed E-state index contributed by atoms with van der Waals surface area (Å²) in [7, 11) is 0. The molecule has 25 heavy (non-hydrogen) atoms. The second kappa shape index (κ2) is 8.18. The Morgan fingerprint density at radius 3 is 2.32 bits per heavy atom. The Morgan fingerprint density at radius 1 is 1.00 bits per heavy atom. The average Bonchev–Trinajstić information content (AvgIpc) is 2.60. The first-order chi connectivity index (χ1) is 11.9. The lowest BCUT2D eigenvalue weighted by molar-refractivity contribution is -0.115. The first kappa shape index (κ1) is 18.3. The quantitative estimate of drug-likeness (QED) is 0.786. The number of carbonyl (C=O) groups excluding carboxylic acids is 2. The Hall–Kier alpha value is -3.03. The summed E-state index contributed by atoms with van der Waals surface area (Å²) in [6, 6.07) is 7.98. The van der Waals surface area contributed by atoms with Crippen LogP contribution in [0.2, 0.25) is 0 Å². The van der Waals surface area contributed by atoms with Crippen molar-refractivity contribution < 1.29 is 27.5 Å². The van der Waals surface area contributed by atoms with Crippen molar-refractivity contribution in [3.05, 3.63) is 59.4 Å². The van der Waals surface area contributed by atoms with Gasteiger partial charge in [-0.05, 0) is 43.3 Å². The molecule has 2 rings (SSSR count). The van der Waals surface area contributed by atoms with Crippen LogP contribution in [-0.2, 0) is 4.79 Å². The number of ether oxygens (including phenoxy) is 1. The zero-order valence-electron chi connectivity index (χ0n) is 13.2. The summed E-state index contributed by atoms with van der Waals surface area (Å²) in [5.74, 6) is -5.71. The zero-order valence-corrected chi connectivity index (χ0v) is 13.2. The highest BCUT2D eigenvalue weighted by Gasteiger charge is 2.19. The van der Waals surface area contributed by atoms with E-state index in [4.69, 9.17) is 4.74 Å². The van der Waals surface area contributed by atoms with Crippen LogP contribution in [0, 0.1) is 17.5 Å². The molecule has 2 amide bonds. The van der Waals surface area contributed by atoms with Crippen LogP contribution in [0.25, 0.3) is 0 Å². The van der Waals surface area contributed by atoms with Crippen molar-refractivity contribution in [1.29, 1.82) is 0 Å². The van der Waals surface area contributed by atoms with Crippen LogP contribution >= 0.6 is 0 Å². The second-order valence-electron chi connectivity index (χ2n) is 4.91. The molecule has 0 aliphatic heterocycles. The number of benzene rings is 2. The molecular formula is C17H15F3N2O3. The van der Waals surface area contributed by atoms with Crippen LogP contribution in [-0.4, -0.2) is 25.0 Å². The molecule has 132 valence electrons. The zero-order chi connectivity index (χ0) is 18.4. The monoisotopic (exact) mass is 352 g/mol. The number of hydrogen-bond acceptors (Lipinski definition) is 3. The molecule has 0 aromatic heterocycles. The fourth-order valence-corrected chi connectivity index (χ4v) is 1.96. The molecule has 0 spiro atoms. The molecule has 2 aromatic carbocycles. The predicted molar refractivity (Wildman–Crippen MR) is 84.9 cm³/mol. The number of carbonyl (C=O) groups is 2. The van der Waals surface area contributed by atoms with Gasteiger partial charge in [-0.2, -0.15) is 0 Å². The summed E-state index contributed by atoms with van der Waals surface area (Å²) in [6.45, 7) is 1.89. The third-order valence-corrected chi connectivity index (χ3v) is 3.14. The van der Waals surface area contributed by atoms with Gasteiger partial charge in [0.05, 0.1) is 18.7 Å². The van der Waals surface area contributed by atoms with Crippen LogP contribution in [0.4, 0.5) is 18.9 Å². The number of anilines is 1. The van der Waals surface area contributed by atoms with E-state index >= 15 is 0 Å². The van der Waals surface area contributed by atoms with Crippen LogP contribution in [0.15, 0.2) is 36.4 Å². The van der Waals surface area contributed by atoms with Crippen molar-refractivity contribution in [3.8, 4) is 5.75 Å². The molecule has 8 heteroatoms. The lowest BCUT2D eigenvalue weighted by Crippen LogP contribution is -2.33. The van der Waals surface area contributed by atoms with Gasteiger partial charge in [0.25, 0.3) is 5.91 Å². The van der Waals surface area contributed by atoms with Crippen molar-refractivity contribution in [2.45, 2.75) is 6.92 Å². The van der Waals surface area contributed by atoms with Crippen molar-refractivity contribution in [3.63, 3.8) is 0 Å². The molecule has 0 aliphatic carbocycles. The molecule has 0 unspecified atom stereocenters. The van der Waals surface area contributed by atoms with Gasteiger partial charge < -0.3 is 15.4 Å². The minimum atomic E-state index is -1.74. The van der Waals surface area contributed by atoms with Gasteiger partial charge in [0.2, 0.25) is 5.91 Å². The second-order valence-corrected chi connectivity index (χ2v) is 4.91. The third kappa shape index (κ3) is 4.72. The van der Waals surface area contributed by atoms with E-state index < -0.39 is 41.4 Å². The highest BCUT2D eigenvalue weighted by molar-refractivity contribution is 5.99. The summed E-state index contributed by atoms with van der Waals surface area (Å²) in [6.07, 6.45) is 0. The van der Waals surface area contributed by atoms with Gasteiger partial charge in [0, 0.05) is 5.69 Å². The Balaban J connectivity index is 1.91. The van der Waals surface area contributed by atoms with Gasteiger partial charge in [-0.1, -0.05) is 0 Å². The van der Waals surface area contributed by atoms with Gasteiger partial charge >= 0.3 is 0 Å². The summed E-state index contributed by atoms with van der Waals surface area (Å²) in [4.78, 5) is 23.5. The smallest absolute Gasteiger partial charge is 0.254 e. The Morgan fingerprint density at radius 2 is 1.68 bits per heavy atom. The lowest BCUT2D eigenvalue weighted by Gasteiger charge is -2.09. The number of halogens is 3. The van der Waals surface area contributed by atoms with E-state index in [2.05, 4.69) is 10.6 Å². The number of amides is 2. The number of rotatable bonds is 6. The Kier molecular flexibility index (Phi) is 5.99. The summed E-state index contributed by atoms with van der Waals surface area (Å²) in [5.41, 5.74) is -0.213. The molecule has 0 heterocycles. The predicted octanol–water partition coefficient (Wildman–Crippen LogP) is 2.87. The molecule has 0 fully saturated rings. The molecule has 0 radical (unpaired) electrons. The van der Waals surface area contributed by atoms with Gasteiger partial charge in [0.1, 0.15) is 5.75 Å². The van der Waals surface area contributed by atoms with Crippen molar-refractivity contribution >= 4 is 17.5 Å². The minimum absolute atomic E-state index is 0.468. The third-order valence-electron chi connectivity index (χ3n) is 3.14. The van der Waals surface area contributed by atoms with E-state index in [1.165, 1.54) is 0 Å². The van der Waals surface area contributed by atoms with E-state index in [0.717, 1.165) is 6.07 Å². The number of nitrogens with one attached hydrogen (secondary N) is 2. The van der Waals surface area contributed by atoms with E-state index in [-0.39, 0.29) is 0 Å². The normalized spacial score (nSPS) is 10.2. The van der Waals surface area contributed by atoms with Crippen LogP contribution in [0.5, 0.6) is 5.75 Å². The molecular weight excluding hydrogens is 337 g/mol. The van der Waals surface area contributed by atoms with E-state index in [9.17, 15) is 22.8 Å².